The lowest BCUT2D eigenvalue weighted by molar-refractivity contribution is 0.0694. The molecule has 1 aromatic carbocycles. The zero-order valence-corrected chi connectivity index (χ0v) is 12.7. The van der Waals surface area contributed by atoms with Crippen molar-refractivity contribution < 1.29 is 19.3 Å². The van der Waals surface area contributed by atoms with Crippen LogP contribution in [-0.2, 0) is 16.0 Å². The number of benzene rings is 1. The summed E-state index contributed by atoms with van der Waals surface area (Å²) < 4.78 is 15.3. The minimum Gasteiger partial charge on any atom is -0.504 e. The van der Waals surface area contributed by atoms with Gasteiger partial charge >= 0.3 is 0 Å². The molecular weight excluding hydrogens is 282 g/mol. The molecule has 114 valence electrons. The summed E-state index contributed by atoms with van der Waals surface area (Å²) in [6.45, 7) is 3.23. The van der Waals surface area contributed by atoms with Gasteiger partial charge in [0.15, 0.2) is 11.5 Å². The van der Waals surface area contributed by atoms with Crippen LogP contribution in [0.5, 0.6) is 11.5 Å². The highest BCUT2D eigenvalue weighted by Crippen LogP contribution is 2.33. The summed E-state index contributed by atoms with van der Waals surface area (Å²) in [6.07, 6.45) is 0.891. The molecule has 0 atom stereocenters. The Morgan fingerprint density at radius 2 is 2.00 bits per heavy atom. The van der Waals surface area contributed by atoms with Crippen LogP contribution in [0, 0.1) is 0 Å². The van der Waals surface area contributed by atoms with E-state index in [0.29, 0.717) is 37.1 Å². The maximum absolute atomic E-state index is 9.95. The van der Waals surface area contributed by atoms with Crippen molar-refractivity contribution in [3.8, 4) is 11.5 Å². The highest BCUT2D eigenvalue weighted by atomic mass is 35.5. The predicted molar refractivity (Wildman–Crippen MR) is 78.7 cm³/mol. The van der Waals surface area contributed by atoms with Crippen LogP contribution < -0.4 is 10.1 Å². The van der Waals surface area contributed by atoms with Crippen molar-refractivity contribution in [3.05, 3.63) is 22.7 Å². The van der Waals surface area contributed by atoms with Gasteiger partial charge in [-0.1, -0.05) is 11.6 Å². The number of halogens is 1. The smallest absolute Gasteiger partial charge is 0.162 e. The molecule has 0 fully saturated rings. The average Bonchev–Trinajstić information content (AvgIpc) is 2.44. The normalized spacial score (nSPS) is 10.8. The van der Waals surface area contributed by atoms with E-state index in [1.54, 1.807) is 19.2 Å². The second-order valence-electron chi connectivity index (χ2n) is 4.25. The third kappa shape index (κ3) is 5.96. The van der Waals surface area contributed by atoms with Crippen molar-refractivity contribution in [3.63, 3.8) is 0 Å². The third-order valence-electron chi connectivity index (χ3n) is 2.73. The Labute approximate surface area is 124 Å². The lowest BCUT2D eigenvalue weighted by Gasteiger charge is -2.11. The molecule has 0 aliphatic rings. The minimum absolute atomic E-state index is 0.126. The molecule has 1 rings (SSSR count). The number of rotatable bonds is 10. The number of methoxy groups -OCH3 is 2. The van der Waals surface area contributed by atoms with Crippen LogP contribution >= 0.6 is 11.6 Å². The minimum atomic E-state index is 0.126. The van der Waals surface area contributed by atoms with E-state index in [1.807, 2.05) is 0 Å². The molecule has 0 aliphatic carbocycles. The molecule has 0 heterocycles. The number of aromatic hydroxyl groups is 1. The molecule has 0 aromatic heterocycles. The van der Waals surface area contributed by atoms with Gasteiger partial charge in [-0.3, -0.25) is 0 Å². The molecule has 2 N–H and O–H groups in total. The standard InChI is InChI=1S/C14H22ClNO4/c1-18-6-7-20-5-3-4-16-10-11-8-12(15)9-13(19-2)14(11)17/h8-9,16-17H,3-7,10H2,1-2H3. The molecule has 0 spiro atoms. The summed E-state index contributed by atoms with van der Waals surface area (Å²) in [5.74, 6) is 0.512. The summed E-state index contributed by atoms with van der Waals surface area (Å²) in [6, 6.07) is 3.31. The Hall–Kier alpha value is -1.01. The zero-order chi connectivity index (χ0) is 14.8. The second kappa shape index (κ2) is 9.83. The van der Waals surface area contributed by atoms with Crippen molar-refractivity contribution in [1.82, 2.24) is 5.32 Å². The van der Waals surface area contributed by atoms with Crippen molar-refractivity contribution in [2.75, 3.05) is 40.6 Å². The summed E-state index contributed by atoms with van der Waals surface area (Å²) in [5.41, 5.74) is 0.717. The van der Waals surface area contributed by atoms with Gasteiger partial charge in [0.2, 0.25) is 0 Å². The van der Waals surface area contributed by atoms with Crippen molar-refractivity contribution >= 4 is 11.6 Å². The number of ether oxygens (including phenoxy) is 3. The Balaban J connectivity index is 2.27. The highest BCUT2D eigenvalue weighted by Gasteiger charge is 2.09. The highest BCUT2D eigenvalue weighted by molar-refractivity contribution is 6.30. The molecule has 6 heteroatoms. The molecule has 0 amide bonds. The molecule has 0 bridgehead atoms. The molecule has 0 aliphatic heterocycles. The number of phenolic OH excluding ortho intramolecular Hbond substituents is 1. The second-order valence-corrected chi connectivity index (χ2v) is 4.69. The van der Waals surface area contributed by atoms with Gasteiger partial charge < -0.3 is 24.6 Å². The molecule has 0 saturated carbocycles. The monoisotopic (exact) mass is 303 g/mol. The molecule has 20 heavy (non-hydrogen) atoms. The van der Waals surface area contributed by atoms with Crippen LogP contribution in [-0.4, -0.2) is 45.7 Å². The van der Waals surface area contributed by atoms with E-state index >= 15 is 0 Å². The number of phenols is 1. The van der Waals surface area contributed by atoms with Crippen LogP contribution in [0.15, 0.2) is 12.1 Å². The summed E-state index contributed by atoms with van der Waals surface area (Å²) >= 11 is 5.96. The SMILES string of the molecule is COCCOCCCNCc1cc(Cl)cc(OC)c1O. The number of hydrogen-bond donors (Lipinski definition) is 2. The number of nitrogens with one attached hydrogen (secondary N) is 1. The lowest BCUT2D eigenvalue weighted by Crippen LogP contribution is -2.17. The van der Waals surface area contributed by atoms with E-state index in [2.05, 4.69) is 5.32 Å². The van der Waals surface area contributed by atoms with Crippen molar-refractivity contribution in [2.24, 2.45) is 0 Å². The Morgan fingerprint density at radius 1 is 1.20 bits per heavy atom. The fraction of sp³-hybridized carbons (Fsp3) is 0.571. The van der Waals surface area contributed by atoms with Crippen LogP contribution in [0.2, 0.25) is 5.02 Å². The quantitative estimate of drug-likeness (QED) is 0.649. The summed E-state index contributed by atoms with van der Waals surface area (Å²) in [5, 5.41) is 13.7. The van der Waals surface area contributed by atoms with E-state index in [9.17, 15) is 5.11 Å². The maximum Gasteiger partial charge on any atom is 0.162 e. The van der Waals surface area contributed by atoms with Crippen LogP contribution in [0.1, 0.15) is 12.0 Å². The van der Waals surface area contributed by atoms with Gasteiger partial charge in [-0.15, -0.1) is 0 Å². The Morgan fingerprint density at radius 3 is 2.70 bits per heavy atom. The van der Waals surface area contributed by atoms with Gasteiger partial charge in [0.05, 0.1) is 20.3 Å². The van der Waals surface area contributed by atoms with E-state index in [-0.39, 0.29) is 5.75 Å². The maximum atomic E-state index is 9.95. The predicted octanol–water partition coefficient (Wildman–Crippen LogP) is 2.20. The first-order valence-electron chi connectivity index (χ1n) is 6.51. The molecule has 0 radical (unpaired) electrons. The molecular formula is C14H22ClNO4. The fourth-order valence-corrected chi connectivity index (χ4v) is 1.92. The van der Waals surface area contributed by atoms with Crippen LogP contribution in [0.25, 0.3) is 0 Å². The van der Waals surface area contributed by atoms with E-state index in [4.69, 9.17) is 25.8 Å². The number of hydrogen-bond acceptors (Lipinski definition) is 5. The lowest BCUT2D eigenvalue weighted by atomic mass is 10.2. The Kier molecular flexibility index (Phi) is 8.37. The Bertz CT molecular complexity index is 401. The first-order chi connectivity index (χ1) is 9.69. The summed E-state index contributed by atoms with van der Waals surface area (Å²) in [4.78, 5) is 0. The third-order valence-corrected chi connectivity index (χ3v) is 2.95. The van der Waals surface area contributed by atoms with Crippen LogP contribution in [0.4, 0.5) is 0 Å². The van der Waals surface area contributed by atoms with Gasteiger partial charge in [0.25, 0.3) is 0 Å². The van der Waals surface area contributed by atoms with Crippen molar-refractivity contribution in [2.45, 2.75) is 13.0 Å². The fourth-order valence-electron chi connectivity index (χ4n) is 1.69. The van der Waals surface area contributed by atoms with E-state index < -0.39 is 0 Å². The topological polar surface area (TPSA) is 60.0 Å². The van der Waals surface area contributed by atoms with Gasteiger partial charge in [-0.25, -0.2) is 0 Å². The molecule has 0 unspecified atom stereocenters. The first-order valence-corrected chi connectivity index (χ1v) is 6.89. The van der Waals surface area contributed by atoms with E-state index in [1.165, 1.54) is 7.11 Å². The van der Waals surface area contributed by atoms with Crippen LogP contribution in [0.3, 0.4) is 0 Å². The average molecular weight is 304 g/mol. The van der Waals surface area contributed by atoms with Crippen molar-refractivity contribution in [1.29, 1.82) is 0 Å². The summed E-state index contributed by atoms with van der Waals surface area (Å²) in [7, 11) is 3.15. The largest absolute Gasteiger partial charge is 0.504 e. The first kappa shape index (κ1) is 17.0. The van der Waals surface area contributed by atoms with E-state index in [0.717, 1.165) is 18.5 Å². The molecule has 0 saturated heterocycles. The van der Waals surface area contributed by atoms with Gasteiger partial charge in [-0.05, 0) is 19.0 Å². The van der Waals surface area contributed by atoms with Gasteiger partial charge in [0, 0.05) is 36.9 Å². The zero-order valence-electron chi connectivity index (χ0n) is 11.9. The molecule has 1 aromatic rings. The van der Waals surface area contributed by atoms with Gasteiger partial charge in [-0.2, -0.15) is 0 Å². The van der Waals surface area contributed by atoms with Gasteiger partial charge in [0.1, 0.15) is 0 Å². The molecule has 5 nitrogen and oxygen atoms in total.